The first-order valence-electron chi connectivity index (χ1n) is 6.05. The van der Waals surface area contributed by atoms with Gasteiger partial charge in [0, 0.05) is 11.2 Å². The lowest BCUT2D eigenvalue weighted by molar-refractivity contribution is -0.128. The van der Waals surface area contributed by atoms with E-state index in [1.807, 2.05) is 24.3 Å². The highest BCUT2D eigenvalue weighted by Gasteiger charge is 2.39. The van der Waals surface area contributed by atoms with Gasteiger partial charge in [-0.2, -0.15) is 0 Å². The van der Waals surface area contributed by atoms with Crippen LogP contribution in [0.4, 0.5) is 5.69 Å². The summed E-state index contributed by atoms with van der Waals surface area (Å²) in [5, 5.41) is 2.53. The number of nitrogens with one attached hydrogen (secondary N) is 1. The molecule has 5 heteroatoms. The number of carbonyl (C=O) groups is 2. The highest BCUT2D eigenvalue weighted by atomic mass is 16.2. The molecule has 1 aliphatic heterocycles. The molecule has 0 spiro atoms. The quantitative estimate of drug-likeness (QED) is 0.775. The fraction of sp³-hybridized carbons (Fsp3) is 0.385. The Morgan fingerprint density at radius 3 is 2.44 bits per heavy atom. The maximum atomic E-state index is 11.7. The SMILES string of the molecule is NC1(c2ccc(N3CC(=O)NCC3=O)cc2)CC1. The van der Waals surface area contributed by atoms with Crippen molar-refractivity contribution in [3.63, 3.8) is 0 Å². The van der Waals surface area contributed by atoms with Crippen LogP contribution < -0.4 is 16.0 Å². The predicted octanol–water partition coefficient (Wildman–Crippen LogP) is 0.0972. The van der Waals surface area contributed by atoms with Gasteiger partial charge in [-0.25, -0.2) is 0 Å². The zero-order chi connectivity index (χ0) is 12.8. The Morgan fingerprint density at radius 1 is 1.17 bits per heavy atom. The third-order valence-electron chi connectivity index (χ3n) is 3.58. The van der Waals surface area contributed by atoms with Gasteiger partial charge in [-0.15, -0.1) is 0 Å². The average molecular weight is 245 g/mol. The third kappa shape index (κ3) is 1.86. The molecule has 0 bridgehead atoms. The van der Waals surface area contributed by atoms with Gasteiger partial charge in [0.15, 0.2) is 0 Å². The summed E-state index contributed by atoms with van der Waals surface area (Å²) in [6, 6.07) is 7.61. The Hall–Kier alpha value is -1.88. The highest BCUT2D eigenvalue weighted by Crippen LogP contribution is 2.42. The Bertz CT molecular complexity index is 505. The molecule has 5 nitrogen and oxygen atoms in total. The summed E-state index contributed by atoms with van der Waals surface area (Å²) in [5.41, 5.74) is 7.79. The summed E-state index contributed by atoms with van der Waals surface area (Å²) < 4.78 is 0. The van der Waals surface area contributed by atoms with E-state index in [-0.39, 0.29) is 30.4 Å². The minimum Gasteiger partial charge on any atom is -0.345 e. The van der Waals surface area contributed by atoms with Gasteiger partial charge in [-0.1, -0.05) is 12.1 Å². The smallest absolute Gasteiger partial charge is 0.246 e. The van der Waals surface area contributed by atoms with E-state index in [9.17, 15) is 9.59 Å². The number of nitrogens with two attached hydrogens (primary N) is 1. The zero-order valence-corrected chi connectivity index (χ0v) is 9.98. The Morgan fingerprint density at radius 2 is 1.83 bits per heavy atom. The highest BCUT2D eigenvalue weighted by molar-refractivity contribution is 6.04. The molecule has 18 heavy (non-hydrogen) atoms. The lowest BCUT2D eigenvalue weighted by atomic mass is 10.1. The van der Waals surface area contributed by atoms with E-state index in [1.165, 1.54) is 4.90 Å². The Balaban J connectivity index is 1.83. The molecule has 3 rings (SSSR count). The number of hydrogen-bond donors (Lipinski definition) is 2. The van der Waals surface area contributed by atoms with Crippen molar-refractivity contribution >= 4 is 17.5 Å². The van der Waals surface area contributed by atoms with Gasteiger partial charge >= 0.3 is 0 Å². The van der Waals surface area contributed by atoms with Crippen LogP contribution in [0.15, 0.2) is 24.3 Å². The molecule has 0 radical (unpaired) electrons. The lowest BCUT2D eigenvalue weighted by Crippen LogP contribution is -2.51. The fourth-order valence-electron chi connectivity index (χ4n) is 2.19. The molecule has 1 saturated carbocycles. The monoisotopic (exact) mass is 245 g/mol. The molecule has 1 aliphatic carbocycles. The van der Waals surface area contributed by atoms with Crippen LogP contribution in [0, 0.1) is 0 Å². The van der Waals surface area contributed by atoms with E-state index in [2.05, 4.69) is 5.32 Å². The third-order valence-corrected chi connectivity index (χ3v) is 3.58. The minimum atomic E-state index is -0.165. The second-order valence-electron chi connectivity index (χ2n) is 4.96. The molecular formula is C13H15N3O2. The summed E-state index contributed by atoms with van der Waals surface area (Å²) in [5.74, 6) is -0.215. The van der Waals surface area contributed by atoms with Crippen molar-refractivity contribution in [3.8, 4) is 0 Å². The first-order valence-corrected chi connectivity index (χ1v) is 6.05. The van der Waals surface area contributed by atoms with Crippen LogP contribution in [-0.4, -0.2) is 24.9 Å². The van der Waals surface area contributed by atoms with E-state index < -0.39 is 0 Å². The van der Waals surface area contributed by atoms with Crippen molar-refractivity contribution in [2.45, 2.75) is 18.4 Å². The number of carbonyl (C=O) groups excluding carboxylic acids is 2. The molecule has 0 unspecified atom stereocenters. The molecular weight excluding hydrogens is 230 g/mol. The molecule has 3 N–H and O–H groups in total. The normalized spacial score (nSPS) is 21.7. The van der Waals surface area contributed by atoms with Gasteiger partial charge in [-0.05, 0) is 30.5 Å². The van der Waals surface area contributed by atoms with Crippen LogP contribution in [-0.2, 0) is 15.1 Å². The fourth-order valence-corrected chi connectivity index (χ4v) is 2.19. The first-order chi connectivity index (χ1) is 8.58. The van der Waals surface area contributed by atoms with Crippen LogP contribution in [0.1, 0.15) is 18.4 Å². The number of rotatable bonds is 2. The summed E-state index contributed by atoms with van der Waals surface area (Å²) in [4.78, 5) is 24.5. The standard InChI is InChI=1S/C13H15N3O2/c14-13(5-6-13)9-1-3-10(4-2-9)16-8-11(17)15-7-12(16)18/h1-4H,5-8,14H2,(H,15,17). The second-order valence-corrected chi connectivity index (χ2v) is 4.96. The molecule has 1 saturated heterocycles. The molecule has 94 valence electrons. The van der Waals surface area contributed by atoms with Crippen LogP contribution in [0.2, 0.25) is 0 Å². The molecule has 0 atom stereocenters. The number of amides is 2. The largest absolute Gasteiger partial charge is 0.345 e. The number of hydrogen-bond acceptors (Lipinski definition) is 3. The summed E-state index contributed by atoms with van der Waals surface area (Å²) in [7, 11) is 0. The van der Waals surface area contributed by atoms with Crippen molar-refractivity contribution in [3.05, 3.63) is 29.8 Å². The second kappa shape index (κ2) is 3.81. The summed E-state index contributed by atoms with van der Waals surface area (Å²) in [6.07, 6.45) is 2.02. The molecule has 0 aromatic heterocycles. The van der Waals surface area contributed by atoms with E-state index in [1.54, 1.807) is 0 Å². The number of anilines is 1. The number of piperazine rings is 1. The molecule has 1 heterocycles. The topological polar surface area (TPSA) is 75.4 Å². The molecule has 1 aromatic rings. The number of benzene rings is 1. The van der Waals surface area contributed by atoms with Gasteiger partial charge in [0.2, 0.25) is 11.8 Å². The lowest BCUT2D eigenvalue weighted by Gasteiger charge is -2.27. The van der Waals surface area contributed by atoms with Crippen LogP contribution >= 0.6 is 0 Å². The van der Waals surface area contributed by atoms with Crippen molar-refractivity contribution in [1.82, 2.24) is 5.32 Å². The molecule has 1 aromatic carbocycles. The van der Waals surface area contributed by atoms with Gasteiger partial charge in [0.1, 0.15) is 6.54 Å². The summed E-state index contributed by atoms with van der Waals surface area (Å²) >= 11 is 0. The Labute approximate surface area is 105 Å². The van der Waals surface area contributed by atoms with Crippen molar-refractivity contribution in [2.24, 2.45) is 5.73 Å². The van der Waals surface area contributed by atoms with E-state index in [4.69, 9.17) is 5.73 Å². The number of nitrogens with zero attached hydrogens (tertiary/aromatic N) is 1. The van der Waals surface area contributed by atoms with Crippen LogP contribution in [0.5, 0.6) is 0 Å². The van der Waals surface area contributed by atoms with Crippen molar-refractivity contribution < 1.29 is 9.59 Å². The maximum absolute atomic E-state index is 11.7. The zero-order valence-electron chi connectivity index (χ0n) is 9.98. The molecule has 2 aliphatic rings. The Kier molecular flexibility index (Phi) is 2.38. The summed E-state index contributed by atoms with van der Waals surface area (Å²) in [6.45, 7) is 0.160. The van der Waals surface area contributed by atoms with E-state index >= 15 is 0 Å². The first kappa shape index (κ1) is 11.2. The van der Waals surface area contributed by atoms with E-state index in [0.29, 0.717) is 0 Å². The predicted molar refractivity (Wildman–Crippen MR) is 66.9 cm³/mol. The van der Waals surface area contributed by atoms with Gasteiger partial charge in [0.05, 0.1) is 6.54 Å². The molecule has 2 fully saturated rings. The van der Waals surface area contributed by atoms with Gasteiger partial charge in [-0.3, -0.25) is 9.59 Å². The molecule has 2 amide bonds. The maximum Gasteiger partial charge on any atom is 0.246 e. The van der Waals surface area contributed by atoms with Crippen LogP contribution in [0.25, 0.3) is 0 Å². The van der Waals surface area contributed by atoms with Crippen molar-refractivity contribution in [2.75, 3.05) is 18.0 Å². The van der Waals surface area contributed by atoms with Gasteiger partial charge < -0.3 is 16.0 Å². The average Bonchev–Trinajstić information content (AvgIpc) is 3.12. The minimum absolute atomic E-state index is 0.0708. The van der Waals surface area contributed by atoms with Crippen LogP contribution in [0.3, 0.4) is 0 Å². The van der Waals surface area contributed by atoms with E-state index in [0.717, 1.165) is 24.1 Å². The van der Waals surface area contributed by atoms with Gasteiger partial charge in [0.25, 0.3) is 0 Å². The van der Waals surface area contributed by atoms with Crippen molar-refractivity contribution in [1.29, 1.82) is 0 Å².